The highest BCUT2D eigenvalue weighted by Crippen LogP contribution is 2.28. The van der Waals surface area contributed by atoms with Crippen LogP contribution in [0.15, 0.2) is 97.1 Å². The zero-order valence-corrected chi connectivity index (χ0v) is 21.8. The summed E-state index contributed by atoms with van der Waals surface area (Å²) in [4.78, 5) is 13.3. The van der Waals surface area contributed by atoms with Crippen molar-refractivity contribution >= 4 is 5.78 Å². The first-order valence-electron chi connectivity index (χ1n) is 12.6. The van der Waals surface area contributed by atoms with Gasteiger partial charge in [-0.15, -0.1) is 0 Å². The van der Waals surface area contributed by atoms with Crippen molar-refractivity contribution in [3.05, 3.63) is 119 Å². The third-order valence-corrected chi connectivity index (χ3v) is 6.06. The summed E-state index contributed by atoms with van der Waals surface area (Å²) in [5, 5.41) is 3.26. The zero-order chi connectivity index (χ0) is 26.6. The lowest BCUT2D eigenvalue weighted by atomic mass is 10.1. The predicted octanol–water partition coefficient (Wildman–Crippen LogP) is 5.88. The first-order valence-corrected chi connectivity index (χ1v) is 12.6. The van der Waals surface area contributed by atoms with Crippen LogP contribution < -0.4 is 24.3 Å². The number of hydrogen-bond donors (Lipinski definition) is 1. The third-order valence-electron chi connectivity index (χ3n) is 6.06. The van der Waals surface area contributed by atoms with Crippen molar-refractivity contribution in [3.63, 3.8) is 0 Å². The van der Waals surface area contributed by atoms with Gasteiger partial charge in [0.15, 0.2) is 17.3 Å². The van der Waals surface area contributed by atoms with Gasteiger partial charge >= 0.3 is 0 Å². The van der Waals surface area contributed by atoms with Crippen molar-refractivity contribution < 1.29 is 23.7 Å². The molecule has 0 aliphatic rings. The van der Waals surface area contributed by atoms with Crippen molar-refractivity contribution in [2.45, 2.75) is 19.6 Å². The molecule has 1 N–H and O–H groups in total. The van der Waals surface area contributed by atoms with Crippen LogP contribution in [0.1, 0.15) is 27.0 Å². The summed E-state index contributed by atoms with van der Waals surface area (Å²) in [5.74, 6) is 2.47. The topological polar surface area (TPSA) is 66.0 Å². The Morgan fingerprint density at radius 1 is 0.658 bits per heavy atom. The maximum Gasteiger partial charge on any atom is 0.180 e. The van der Waals surface area contributed by atoms with Crippen molar-refractivity contribution in [3.8, 4) is 23.0 Å². The molecule has 0 bridgehead atoms. The molecule has 196 valence electrons. The Labute approximate surface area is 224 Å². The minimum absolute atomic E-state index is 0.0643. The van der Waals surface area contributed by atoms with Crippen LogP contribution in [0.5, 0.6) is 23.0 Å². The summed E-state index contributed by atoms with van der Waals surface area (Å²) in [6.07, 6.45) is 0.741. The van der Waals surface area contributed by atoms with E-state index in [-0.39, 0.29) is 12.3 Å². The molecule has 6 nitrogen and oxygen atoms in total. The molecule has 0 atom stereocenters. The second kappa shape index (κ2) is 13.9. The van der Waals surface area contributed by atoms with Gasteiger partial charge in [0.1, 0.15) is 24.7 Å². The Bertz CT molecular complexity index is 1310. The van der Waals surface area contributed by atoms with E-state index in [9.17, 15) is 4.79 Å². The molecule has 0 unspecified atom stereocenters. The predicted molar refractivity (Wildman–Crippen MR) is 148 cm³/mol. The normalized spacial score (nSPS) is 10.6. The van der Waals surface area contributed by atoms with E-state index in [1.165, 1.54) is 0 Å². The minimum Gasteiger partial charge on any atom is -0.493 e. The second-order valence-electron chi connectivity index (χ2n) is 8.75. The Balaban J connectivity index is 1.40. The number of methoxy groups -OCH3 is 2. The summed E-state index contributed by atoms with van der Waals surface area (Å²) in [5.41, 5.74) is 3.67. The monoisotopic (exact) mass is 511 g/mol. The van der Waals surface area contributed by atoms with E-state index in [1.54, 1.807) is 26.4 Å². The zero-order valence-electron chi connectivity index (χ0n) is 21.8. The molecule has 0 aliphatic carbocycles. The summed E-state index contributed by atoms with van der Waals surface area (Å²) in [6, 6.07) is 31.1. The molecule has 4 rings (SSSR count). The molecule has 0 radical (unpaired) electrons. The van der Waals surface area contributed by atoms with Crippen LogP contribution in [0.4, 0.5) is 0 Å². The highest BCUT2D eigenvalue weighted by atomic mass is 16.5. The molecular weight excluding hydrogens is 478 g/mol. The fourth-order valence-corrected chi connectivity index (χ4v) is 3.98. The molecule has 0 aromatic heterocycles. The molecule has 4 aromatic carbocycles. The van der Waals surface area contributed by atoms with Crippen LogP contribution in [0.3, 0.4) is 0 Å². The van der Waals surface area contributed by atoms with Gasteiger partial charge in [-0.05, 0) is 60.0 Å². The fourth-order valence-electron chi connectivity index (χ4n) is 3.98. The molecule has 0 aliphatic heterocycles. The number of carbonyl (C=O) groups is 1. The van der Waals surface area contributed by atoms with E-state index in [0.717, 1.165) is 23.1 Å². The van der Waals surface area contributed by atoms with Gasteiger partial charge in [0.2, 0.25) is 0 Å². The number of rotatable bonds is 14. The van der Waals surface area contributed by atoms with Crippen LogP contribution in [0.2, 0.25) is 0 Å². The number of ether oxygens (including phenoxy) is 4. The molecule has 4 aromatic rings. The largest absolute Gasteiger partial charge is 0.493 e. The number of Topliss-reactive ketones (excluding diaryl/α,β-unsaturated/α-hetero) is 1. The smallest absolute Gasteiger partial charge is 0.180 e. The number of ketones is 1. The van der Waals surface area contributed by atoms with Gasteiger partial charge < -0.3 is 24.3 Å². The minimum atomic E-state index is -0.0643. The van der Waals surface area contributed by atoms with Gasteiger partial charge in [-0.25, -0.2) is 0 Å². The van der Waals surface area contributed by atoms with Crippen molar-refractivity contribution in [1.82, 2.24) is 5.32 Å². The Kier molecular flexibility index (Phi) is 9.76. The van der Waals surface area contributed by atoms with Crippen LogP contribution in [-0.4, -0.2) is 33.1 Å². The molecule has 0 heterocycles. The van der Waals surface area contributed by atoms with Gasteiger partial charge in [0.05, 0.1) is 26.3 Å². The highest BCUT2D eigenvalue weighted by Gasteiger charge is 2.15. The molecule has 6 heteroatoms. The summed E-state index contributed by atoms with van der Waals surface area (Å²) >= 11 is 0. The standard InChI is InChI=1S/C32H33NO5/c1-35-31-15-13-24(19-32(31)36-2)17-18-33-21-29(34)28-20-27(37-22-25-9-5-3-6-10-25)14-16-30(28)38-23-26-11-7-4-8-12-26/h3-16,19-20,33H,17-18,21-23H2,1-2H3. The second-order valence-corrected chi connectivity index (χ2v) is 8.75. The van der Waals surface area contributed by atoms with Crippen molar-refractivity contribution in [2.24, 2.45) is 0 Å². The molecule has 0 spiro atoms. The van der Waals surface area contributed by atoms with E-state index in [0.29, 0.717) is 48.3 Å². The van der Waals surface area contributed by atoms with Crippen molar-refractivity contribution in [2.75, 3.05) is 27.3 Å². The summed E-state index contributed by atoms with van der Waals surface area (Å²) < 4.78 is 22.7. The number of benzene rings is 4. The van der Waals surface area contributed by atoms with Crippen molar-refractivity contribution in [1.29, 1.82) is 0 Å². The SMILES string of the molecule is COc1ccc(CCNCC(=O)c2cc(OCc3ccccc3)ccc2OCc2ccccc2)cc1OC. The lowest BCUT2D eigenvalue weighted by Crippen LogP contribution is -2.25. The third kappa shape index (κ3) is 7.60. The highest BCUT2D eigenvalue weighted by molar-refractivity contribution is 6.00. The number of hydrogen-bond acceptors (Lipinski definition) is 6. The van der Waals surface area contributed by atoms with Gasteiger partial charge in [0, 0.05) is 0 Å². The van der Waals surface area contributed by atoms with E-state index < -0.39 is 0 Å². The Morgan fingerprint density at radius 2 is 1.29 bits per heavy atom. The first kappa shape index (κ1) is 26.8. The maximum atomic E-state index is 13.3. The lowest BCUT2D eigenvalue weighted by Gasteiger charge is -2.14. The van der Waals surface area contributed by atoms with E-state index in [2.05, 4.69) is 5.32 Å². The lowest BCUT2D eigenvalue weighted by molar-refractivity contribution is 0.0986. The fraction of sp³-hybridized carbons (Fsp3) is 0.219. The first-order chi connectivity index (χ1) is 18.7. The summed E-state index contributed by atoms with van der Waals surface area (Å²) in [6.45, 7) is 1.60. The molecule has 0 saturated heterocycles. The number of carbonyl (C=O) groups excluding carboxylic acids is 1. The van der Waals surface area contributed by atoms with Crippen LogP contribution in [-0.2, 0) is 19.6 Å². The molecular formula is C32H33NO5. The quantitative estimate of drug-likeness (QED) is 0.169. The van der Waals surface area contributed by atoms with Crippen LogP contribution in [0, 0.1) is 0 Å². The van der Waals surface area contributed by atoms with Gasteiger partial charge in [0.25, 0.3) is 0 Å². The van der Waals surface area contributed by atoms with E-state index >= 15 is 0 Å². The molecule has 0 saturated carbocycles. The molecule has 38 heavy (non-hydrogen) atoms. The number of nitrogens with one attached hydrogen (secondary N) is 1. The van der Waals surface area contributed by atoms with Gasteiger partial charge in [-0.2, -0.15) is 0 Å². The van der Waals surface area contributed by atoms with E-state index in [4.69, 9.17) is 18.9 Å². The van der Waals surface area contributed by atoms with Crippen LogP contribution in [0.25, 0.3) is 0 Å². The maximum absolute atomic E-state index is 13.3. The molecule has 0 amide bonds. The Morgan fingerprint density at radius 3 is 1.95 bits per heavy atom. The van der Waals surface area contributed by atoms with Crippen LogP contribution >= 0.6 is 0 Å². The van der Waals surface area contributed by atoms with Gasteiger partial charge in [-0.3, -0.25) is 4.79 Å². The molecule has 0 fully saturated rings. The Hall–Kier alpha value is -4.29. The summed E-state index contributed by atoms with van der Waals surface area (Å²) in [7, 11) is 3.23. The van der Waals surface area contributed by atoms with E-state index in [1.807, 2.05) is 84.9 Å². The van der Waals surface area contributed by atoms with Gasteiger partial charge in [-0.1, -0.05) is 66.7 Å². The average molecular weight is 512 g/mol. The average Bonchev–Trinajstić information content (AvgIpc) is 2.98.